The highest BCUT2D eigenvalue weighted by Crippen LogP contribution is 2.28. The summed E-state index contributed by atoms with van der Waals surface area (Å²) in [4.78, 5) is 15.6. The van der Waals surface area contributed by atoms with Crippen molar-refractivity contribution in [1.29, 1.82) is 5.41 Å². The summed E-state index contributed by atoms with van der Waals surface area (Å²) in [5.74, 6) is 0.263. The van der Waals surface area contributed by atoms with Crippen LogP contribution < -0.4 is 4.90 Å². The van der Waals surface area contributed by atoms with Gasteiger partial charge in [0.1, 0.15) is 5.84 Å². The predicted octanol–water partition coefficient (Wildman–Crippen LogP) is 5.57. The van der Waals surface area contributed by atoms with Crippen molar-refractivity contribution in [2.24, 2.45) is 0 Å². The summed E-state index contributed by atoms with van der Waals surface area (Å²) in [6, 6.07) is 4.77. The first-order valence-electron chi connectivity index (χ1n) is 8.15. The maximum Gasteiger partial charge on any atom is 0.330 e. The number of hydrogen-bond donors (Lipinski definition) is 1. The SMILES string of the molecule is CCCCCCCCN1CC(=N)N(c2cc(Cl)cc(Cl)c2)C1=O. The number of benzene rings is 1. The zero-order chi connectivity index (χ0) is 16.8. The van der Waals surface area contributed by atoms with Gasteiger partial charge in [-0.25, -0.2) is 9.69 Å². The fourth-order valence-corrected chi connectivity index (χ4v) is 3.28. The van der Waals surface area contributed by atoms with E-state index in [0.717, 1.165) is 12.8 Å². The van der Waals surface area contributed by atoms with Crippen molar-refractivity contribution in [1.82, 2.24) is 4.90 Å². The largest absolute Gasteiger partial charge is 0.330 e. The van der Waals surface area contributed by atoms with Gasteiger partial charge in [-0.15, -0.1) is 0 Å². The van der Waals surface area contributed by atoms with Crippen molar-refractivity contribution < 1.29 is 4.79 Å². The van der Waals surface area contributed by atoms with Crippen molar-refractivity contribution in [3.05, 3.63) is 28.2 Å². The molecule has 2 amide bonds. The standard InChI is InChI=1S/C17H23Cl2N3O/c1-2-3-4-5-6-7-8-21-12-16(20)22(17(21)23)15-10-13(18)9-14(19)11-15/h9-11,20H,2-8,12H2,1H3. The van der Waals surface area contributed by atoms with Gasteiger partial charge in [0.05, 0.1) is 12.2 Å². The summed E-state index contributed by atoms with van der Waals surface area (Å²) in [5.41, 5.74) is 0.558. The Morgan fingerprint density at radius 3 is 2.30 bits per heavy atom. The van der Waals surface area contributed by atoms with E-state index in [1.807, 2.05) is 0 Å². The number of nitrogens with one attached hydrogen (secondary N) is 1. The van der Waals surface area contributed by atoms with Gasteiger partial charge in [0, 0.05) is 16.6 Å². The van der Waals surface area contributed by atoms with Crippen LogP contribution in [0.1, 0.15) is 45.4 Å². The topological polar surface area (TPSA) is 47.4 Å². The summed E-state index contributed by atoms with van der Waals surface area (Å²) in [7, 11) is 0. The minimum Gasteiger partial charge on any atom is -0.317 e. The van der Waals surface area contributed by atoms with E-state index >= 15 is 0 Å². The molecule has 4 nitrogen and oxygen atoms in total. The average Bonchev–Trinajstić information content (AvgIpc) is 2.76. The van der Waals surface area contributed by atoms with Crippen LogP contribution in [0.3, 0.4) is 0 Å². The molecule has 1 aromatic rings. The van der Waals surface area contributed by atoms with E-state index in [2.05, 4.69) is 6.92 Å². The van der Waals surface area contributed by atoms with E-state index in [4.69, 9.17) is 28.6 Å². The molecule has 1 saturated heterocycles. The van der Waals surface area contributed by atoms with Crippen LogP contribution in [0.4, 0.5) is 10.5 Å². The van der Waals surface area contributed by atoms with Crippen LogP contribution >= 0.6 is 23.2 Å². The predicted molar refractivity (Wildman–Crippen MR) is 97.0 cm³/mol. The van der Waals surface area contributed by atoms with Crippen LogP contribution in [0.25, 0.3) is 0 Å². The lowest BCUT2D eigenvalue weighted by Crippen LogP contribution is -2.33. The van der Waals surface area contributed by atoms with Crippen LogP contribution in [0.15, 0.2) is 18.2 Å². The fourth-order valence-electron chi connectivity index (χ4n) is 2.77. The van der Waals surface area contributed by atoms with Gasteiger partial charge in [-0.3, -0.25) is 5.41 Å². The third-order valence-electron chi connectivity index (χ3n) is 3.96. The number of halogens is 2. The van der Waals surface area contributed by atoms with Gasteiger partial charge >= 0.3 is 6.03 Å². The highest BCUT2D eigenvalue weighted by molar-refractivity contribution is 6.35. The number of carbonyl (C=O) groups is 1. The number of carbonyl (C=O) groups excluding carboxylic acids is 1. The second-order valence-corrected chi connectivity index (χ2v) is 6.75. The molecule has 2 rings (SSSR count). The van der Waals surface area contributed by atoms with Crippen LogP contribution in [0, 0.1) is 5.41 Å². The molecule has 1 fully saturated rings. The summed E-state index contributed by atoms with van der Waals surface area (Å²) in [5, 5.41) is 9.01. The van der Waals surface area contributed by atoms with Crippen molar-refractivity contribution in [3.63, 3.8) is 0 Å². The van der Waals surface area contributed by atoms with Gasteiger partial charge in [0.15, 0.2) is 0 Å². The van der Waals surface area contributed by atoms with Crippen LogP contribution in [-0.2, 0) is 0 Å². The van der Waals surface area contributed by atoms with Crippen molar-refractivity contribution in [2.75, 3.05) is 18.0 Å². The molecule has 0 aromatic heterocycles. The van der Waals surface area contributed by atoms with Gasteiger partial charge in [-0.1, -0.05) is 62.2 Å². The van der Waals surface area contributed by atoms with Gasteiger partial charge in [-0.05, 0) is 24.6 Å². The maximum absolute atomic E-state index is 12.5. The van der Waals surface area contributed by atoms with E-state index in [-0.39, 0.29) is 11.9 Å². The number of amidine groups is 1. The van der Waals surface area contributed by atoms with Crippen LogP contribution in [0.2, 0.25) is 10.0 Å². The zero-order valence-electron chi connectivity index (χ0n) is 13.4. The molecule has 1 aliphatic heterocycles. The molecule has 0 atom stereocenters. The molecule has 1 aromatic carbocycles. The molecule has 0 aliphatic carbocycles. The van der Waals surface area contributed by atoms with Gasteiger partial charge in [0.2, 0.25) is 0 Å². The minimum absolute atomic E-state index is 0.165. The number of unbranched alkanes of at least 4 members (excludes halogenated alkanes) is 5. The second-order valence-electron chi connectivity index (χ2n) is 5.88. The van der Waals surface area contributed by atoms with E-state index < -0.39 is 0 Å². The lowest BCUT2D eigenvalue weighted by molar-refractivity contribution is 0.220. The lowest BCUT2D eigenvalue weighted by Gasteiger charge is -2.18. The molecule has 6 heteroatoms. The molecule has 0 unspecified atom stereocenters. The molecule has 0 radical (unpaired) electrons. The smallest absolute Gasteiger partial charge is 0.317 e. The van der Waals surface area contributed by atoms with Gasteiger partial charge in [0.25, 0.3) is 0 Å². The number of rotatable bonds is 8. The zero-order valence-corrected chi connectivity index (χ0v) is 15.0. The Kier molecular flexibility index (Phi) is 6.72. The Morgan fingerprint density at radius 1 is 1.04 bits per heavy atom. The first-order valence-corrected chi connectivity index (χ1v) is 8.91. The normalized spacial score (nSPS) is 14.9. The summed E-state index contributed by atoms with van der Waals surface area (Å²) in [6.07, 6.45) is 7.08. The molecule has 1 aliphatic rings. The first kappa shape index (κ1) is 18.1. The van der Waals surface area contributed by atoms with E-state index in [0.29, 0.717) is 28.8 Å². The summed E-state index contributed by atoms with van der Waals surface area (Å²) in [6.45, 7) is 3.24. The highest BCUT2D eigenvalue weighted by Gasteiger charge is 2.34. The number of hydrogen-bond acceptors (Lipinski definition) is 2. The quantitative estimate of drug-likeness (QED) is 0.608. The Labute approximate surface area is 147 Å². The number of urea groups is 1. The average molecular weight is 356 g/mol. The Morgan fingerprint density at radius 2 is 1.65 bits per heavy atom. The molecular formula is C17H23Cl2N3O. The highest BCUT2D eigenvalue weighted by atomic mass is 35.5. The Hall–Kier alpha value is -1.26. The fraction of sp³-hybridized carbons (Fsp3) is 0.529. The Balaban J connectivity index is 1.92. The molecule has 126 valence electrons. The third kappa shape index (κ3) is 4.85. The molecule has 1 heterocycles. The van der Waals surface area contributed by atoms with Crippen molar-refractivity contribution >= 4 is 40.8 Å². The lowest BCUT2D eigenvalue weighted by atomic mass is 10.1. The van der Waals surface area contributed by atoms with Gasteiger partial charge < -0.3 is 4.90 Å². The third-order valence-corrected chi connectivity index (χ3v) is 4.40. The molecule has 0 spiro atoms. The number of nitrogens with zero attached hydrogens (tertiary/aromatic N) is 2. The monoisotopic (exact) mass is 355 g/mol. The van der Waals surface area contributed by atoms with E-state index in [1.165, 1.54) is 30.6 Å². The van der Waals surface area contributed by atoms with E-state index in [1.54, 1.807) is 23.1 Å². The first-order chi connectivity index (χ1) is 11.0. The number of amides is 2. The van der Waals surface area contributed by atoms with Crippen molar-refractivity contribution in [3.8, 4) is 0 Å². The van der Waals surface area contributed by atoms with Crippen molar-refractivity contribution in [2.45, 2.75) is 45.4 Å². The molecular weight excluding hydrogens is 333 g/mol. The molecule has 1 N–H and O–H groups in total. The second kappa shape index (κ2) is 8.55. The Bertz CT molecular complexity index is 557. The summed E-state index contributed by atoms with van der Waals surface area (Å²) >= 11 is 12.0. The summed E-state index contributed by atoms with van der Waals surface area (Å²) < 4.78 is 0. The number of anilines is 1. The van der Waals surface area contributed by atoms with Crippen LogP contribution in [0.5, 0.6) is 0 Å². The molecule has 0 saturated carbocycles. The van der Waals surface area contributed by atoms with Gasteiger partial charge in [-0.2, -0.15) is 0 Å². The van der Waals surface area contributed by atoms with Crippen LogP contribution in [-0.4, -0.2) is 29.9 Å². The molecule has 0 bridgehead atoms. The van der Waals surface area contributed by atoms with E-state index in [9.17, 15) is 4.79 Å². The maximum atomic E-state index is 12.5. The minimum atomic E-state index is -0.165. The molecule has 23 heavy (non-hydrogen) atoms.